The number of aromatic nitrogens is 4. The molecule has 0 unspecified atom stereocenters. The molecular weight excluding hydrogens is 346 g/mol. The Morgan fingerprint density at radius 2 is 2.21 bits per heavy atom. The van der Waals surface area contributed by atoms with Crippen LogP contribution in [0.25, 0.3) is 5.69 Å². The minimum atomic E-state index is -0.111. The van der Waals surface area contributed by atoms with Crippen molar-refractivity contribution in [3.63, 3.8) is 0 Å². The van der Waals surface area contributed by atoms with Gasteiger partial charge in [-0.25, -0.2) is 4.98 Å². The molecule has 1 aromatic carbocycles. The van der Waals surface area contributed by atoms with Crippen molar-refractivity contribution in [2.24, 2.45) is 0 Å². The van der Waals surface area contributed by atoms with Gasteiger partial charge < -0.3 is 5.32 Å². The van der Waals surface area contributed by atoms with E-state index in [1.54, 1.807) is 24.3 Å². The van der Waals surface area contributed by atoms with E-state index < -0.39 is 0 Å². The molecule has 0 saturated heterocycles. The summed E-state index contributed by atoms with van der Waals surface area (Å²) < 4.78 is 1.87. The van der Waals surface area contributed by atoms with Crippen LogP contribution in [0.3, 0.4) is 0 Å². The topological polar surface area (TPSA) is 72.7 Å². The second kappa shape index (κ2) is 7.46. The molecule has 0 radical (unpaired) electrons. The van der Waals surface area contributed by atoms with E-state index in [9.17, 15) is 4.79 Å². The Labute approximate surface area is 148 Å². The van der Waals surface area contributed by atoms with E-state index >= 15 is 0 Å². The van der Waals surface area contributed by atoms with E-state index in [-0.39, 0.29) is 5.91 Å². The highest BCUT2D eigenvalue weighted by molar-refractivity contribution is 7.98. The summed E-state index contributed by atoms with van der Waals surface area (Å²) in [7, 11) is 0. The molecule has 0 aliphatic heterocycles. The number of thioether (sulfide) groups is 1. The summed E-state index contributed by atoms with van der Waals surface area (Å²) in [6.45, 7) is 1.48. The second-order valence-corrected chi connectivity index (χ2v) is 6.32. The van der Waals surface area contributed by atoms with Crippen LogP contribution >= 0.6 is 23.4 Å². The molecule has 2 heterocycles. The maximum atomic E-state index is 11.2. The molecule has 122 valence electrons. The largest absolute Gasteiger partial charge is 0.326 e. The number of pyridine rings is 1. The minimum Gasteiger partial charge on any atom is -0.326 e. The average molecular weight is 360 g/mol. The molecule has 0 aliphatic carbocycles. The Morgan fingerprint density at radius 1 is 1.33 bits per heavy atom. The van der Waals surface area contributed by atoms with Gasteiger partial charge >= 0.3 is 0 Å². The van der Waals surface area contributed by atoms with Gasteiger partial charge in [-0.1, -0.05) is 29.4 Å². The smallest absolute Gasteiger partial charge is 0.221 e. The number of amides is 1. The summed E-state index contributed by atoms with van der Waals surface area (Å²) in [6.07, 6.45) is 3.33. The molecule has 2 aromatic heterocycles. The maximum Gasteiger partial charge on any atom is 0.221 e. The van der Waals surface area contributed by atoms with Gasteiger partial charge in [0.25, 0.3) is 0 Å². The molecule has 1 amide bonds. The molecule has 0 saturated carbocycles. The fourth-order valence-electron chi connectivity index (χ4n) is 2.12. The first-order valence-electron chi connectivity index (χ1n) is 7.13. The quantitative estimate of drug-likeness (QED) is 0.557. The number of anilines is 1. The summed E-state index contributed by atoms with van der Waals surface area (Å²) in [6, 6.07) is 11.3. The second-order valence-electron chi connectivity index (χ2n) is 4.99. The van der Waals surface area contributed by atoms with Crippen molar-refractivity contribution in [1.82, 2.24) is 19.7 Å². The van der Waals surface area contributed by atoms with Crippen LogP contribution in [-0.2, 0) is 10.5 Å². The number of carbonyl (C=O) groups is 1. The van der Waals surface area contributed by atoms with Crippen LogP contribution in [0.2, 0.25) is 5.15 Å². The van der Waals surface area contributed by atoms with E-state index in [0.717, 1.165) is 22.1 Å². The Hall–Kier alpha value is -2.38. The average Bonchev–Trinajstić information content (AvgIpc) is 3.01. The standard InChI is InChI=1S/C16H14ClN5OS/c1-11(23)20-13-3-2-4-14(8-13)22-10-19-21-16(22)24-9-12-5-6-18-15(17)7-12/h2-8,10H,9H2,1H3,(H,20,23). The number of hydrogen-bond donors (Lipinski definition) is 1. The van der Waals surface area contributed by atoms with Crippen LogP contribution in [0.1, 0.15) is 12.5 Å². The van der Waals surface area contributed by atoms with Crippen LogP contribution in [-0.4, -0.2) is 25.7 Å². The molecule has 0 spiro atoms. The number of hydrogen-bond acceptors (Lipinski definition) is 5. The lowest BCUT2D eigenvalue weighted by atomic mass is 10.2. The number of benzene rings is 1. The van der Waals surface area contributed by atoms with Gasteiger partial charge in [-0.3, -0.25) is 9.36 Å². The lowest BCUT2D eigenvalue weighted by Crippen LogP contribution is -2.06. The highest BCUT2D eigenvalue weighted by Gasteiger charge is 2.09. The van der Waals surface area contributed by atoms with Crippen LogP contribution in [0.5, 0.6) is 0 Å². The molecule has 3 rings (SSSR count). The summed E-state index contributed by atoms with van der Waals surface area (Å²) in [5.41, 5.74) is 2.66. The van der Waals surface area contributed by atoms with Crippen molar-refractivity contribution in [2.75, 3.05) is 5.32 Å². The van der Waals surface area contributed by atoms with Crippen molar-refractivity contribution < 1.29 is 4.79 Å². The highest BCUT2D eigenvalue weighted by Crippen LogP contribution is 2.25. The van der Waals surface area contributed by atoms with Gasteiger partial charge in [0.15, 0.2) is 5.16 Å². The summed E-state index contributed by atoms with van der Waals surface area (Å²) in [5, 5.41) is 12.1. The van der Waals surface area contributed by atoms with E-state index in [2.05, 4.69) is 20.5 Å². The fourth-order valence-corrected chi connectivity index (χ4v) is 3.19. The van der Waals surface area contributed by atoms with Crippen LogP contribution in [0.15, 0.2) is 54.1 Å². The summed E-state index contributed by atoms with van der Waals surface area (Å²) in [4.78, 5) is 15.2. The molecule has 6 nitrogen and oxygen atoms in total. The first-order valence-corrected chi connectivity index (χ1v) is 8.49. The zero-order chi connectivity index (χ0) is 16.9. The van der Waals surface area contributed by atoms with Crippen molar-refractivity contribution in [2.45, 2.75) is 17.8 Å². The number of carbonyl (C=O) groups excluding carboxylic acids is 1. The number of rotatable bonds is 5. The van der Waals surface area contributed by atoms with E-state index in [0.29, 0.717) is 10.9 Å². The molecular formula is C16H14ClN5OS. The van der Waals surface area contributed by atoms with Gasteiger partial charge in [0, 0.05) is 24.6 Å². The van der Waals surface area contributed by atoms with Crippen molar-refractivity contribution in [3.8, 4) is 5.69 Å². The summed E-state index contributed by atoms with van der Waals surface area (Å²) >= 11 is 7.45. The van der Waals surface area contributed by atoms with Gasteiger partial charge in [0.2, 0.25) is 5.91 Å². The van der Waals surface area contributed by atoms with Crippen molar-refractivity contribution in [3.05, 3.63) is 59.6 Å². The van der Waals surface area contributed by atoms with Crippen LogP contribution in [0.4, 0.5) is 5.69 Å². The normalized spacial score (nSPS) is 10.6. The molecule has 1 N–H and O–H groups in total. The van der Waals surface area contributed by atoms with Gasteiger partial charge in [-0.2, -0.15) is 0 Å². The maximum absolute atomic E-state index is 11.2. The lowest BCUT2D eigenvalue weighted by molar-refractivity contribution is -0.114. The minimum absolute atomic E-state index is 0.111. The number of nitrogens with one attached hydrogen (secondary N) is 1. The van der Waals surface area contributed by atoms with Gasteiger partial charge in [0.05, 0.1) is 5.69 Å². The lowest BCUT2D eigenvalue weighted by Gasteiger charge is -2.09. The molecule has 3 aromatic rings. The third-order valence-corrected chi connectivity index (χ3v) is 4.34. The van der Waals surface area contributed by atoms with Crippen LogP contribution in [0, 0.1) is 0 Å². The van der Waals surface area contributed by atoms with Gasteiger partial charge in [-0.05, 0) is 35.9 Å². The van der Waals surface area contributed by atoms with E-state index in [1.807, 2.05) is 41.0 Å². The molecule has 8 heteroatoms. The highest BCUT2D eigenvalue weighted by atomic mass is 35.5. The fraction of sp³-hybridized carbons (Fsp3) is 0.125. The van der Waals surface area contributed by atoms with Crippen molar-refractivity contribution in [1.29, 1.82) is 0 Å². The SMILES string of the molecule is CC(=O)Nc1cccc(-n2cnnc2SCc2ccnc(Cl)c2)c1. The Kier molecular flexibility index (Phi) is 5.12. The first-order chi connectivity index (χ1) is 11.6. The number of halogens is 1. The van der Waals surface area contributed by atoms with Gasteiger partial charge in [0.1, 0.15) is 11.5 Å². The Bertz CT molecular complexity index is 867. The third kappa shape index (κ3) is 4.12. The predicted molar refractivity (Wildman–Crippen MR) is 94.5 cm³/mol. The molecule has 0 aliphatic rings. The predicted octanol–water partition coefficient (Wildman–Crippen LogP) is 3.57. The van der Waals surface area contributed by atoms with Crippen molar-refractivity contribution >= 4 is 35.0 Å². The molecule has 0 bridgehead atoms. The third-order valence-electron chi connectivity index (χ3n) is 3.12. The molecule has 0 fully saturated rings. The van der Waals surface area contributed by atoms with E-state index in [1.165, 1.54) is 6.92 Å². The first kappa shape index (κ1) is 16.5. The van der Waals surface area contributed by atoms with E-state index in [4.69, 9.17) is 11.6 Å². The molecule has 0 atom stereocenters. The van der Waals surface area contributed by atoms with Gasteiger partial charge in [-0.15, -0.1) is 10.2 Å². The Morgan fingerprint density at radius 3 is 3.00 bits per heavy atom. The molecule has 24 heavy (non-hydrogen) atoms. The van der Waals surface area contributed by atoms with Crippen LogP contribution < -0.4 is 5.32 Å². The zero-order valence-corrected chi connectivity index (χ0v) is 14.4. The Balaban J connectivity index is 1.79. The number of nitrogens with zero attached hydrogens (tertiary/aromatic N) is 4. The zero-order valence-electron chi connectivity index (χ0n) is 12.8. The summed E-state index contributed by atoms with van der Waals surface area (Å²) in [5.74, 6) is 0.590. The monoisotopic (exact) mass is 359 g/mol.